The molecule has 5 N–H and O–H groups in total. The van der Waals surface area contributed by atoms with E-state index in [1.165, 1.54) is 12.3 Å². The number of carbonyl (C=O) groups excluding carboxylic acids is 1. The smallest absolute Gasteiger partial charge is 0.250 e. The number of aromatic hydroxyl groups is 3. The predicted molar refractivity (Wildman–Crippen MR) is 99.6 cm³/mol. The minimum absolute atomic E-state index is 0.0235. The Morgan fingerprint density at radius 1 is 0.846 bits per heavy atom. The Balaban J connectivity index is 0.000000228. The third-order valence-corrected chi connectivity index (χ3v) is 3.23. The lowest BCUT2D eigenvalue weighted by Crippen LogP contribution is -2.10. The number of carbonyl (C=O) groups is 1. The number of benzene rings is 2. The molecule has 26 heavy (non-hydrogen) atoms. The first-order valence-electron chi connectivity index (χ1n) is 7.64. The highest BCUT2D eigenvalue weighted by Gasteiger charge is 1.96. The number of nitrogens with two attached hydrogens (primary N) is 1. The van der Waals surface area contributed by atoms with Gasteiger partial charge in [0.1, 0.15) is 17.2 Å². The van der Waals surface area contributed by atoms with E-state index in [4.69, 9.17) is 10.8 Å². The summed E-state index contributed by atoms with van der Waals surface area (Å²) in [5.41, 5.74) is 7.00. The molecule has 0 fully saturated rings. The zero-order valence-electron chi connectivity index (χ0n) is 13.8. The first-order valence-corrected chi connectivity index (χ1v) is 7.64. The molecule has 0 radical (unpaired) electrons. The topological polar surface area (TPSA) is 117 Å². The van der Waals surface area contributed by atoms with E-state index in [0.29, 0.717) is 11.1 Å². The molecule has 2 aromatic carbocycles. The van der Waals surface area contributed by atoms with E-state index in [9.17, 15) is 15.0 Å². The van der Waals surface area contributed by atoms with E-state index in [1.54, 1.807) is 60.8 Å². The van der Waals surface area contributed by atoms with Gasteiger partial charge in [0.25, 0.3) is 0 Å². The van der Waals surface area contributed by atoms with Crippen molar-refractivity contribution < 1.29 is 20.1 Å². The van der Waals surface area contributed by atoms with Crippen LogP contribution in [-0.2, 0) is 0 Å². The maximum Gasteiger partial charge on any atom is 0.250 e. The van der Waals surface area contributed by atoms with Gasteiger partial charge in [0.05, 0.1) is 5.56 Å². The molecule has 0 aliphatic rings. The minimum atomic E-state index is -0.442. The molecule has 0 aliphatic carbocycles. The molecule has 3 rings (SSSR count). The molecular formula is C20H18N2O4. The zero-order valence-corrected chi connectivity index (χ0v) is 13.8. The molecule has 3 aromatic rings. The third kappa shape index (κ3) is 6.01. The number of phenolic OH excluding ortho intramolecular Hbond substituents is 3. The molecule has 0 saturated carbocycles. The van der Waals surface area contributed by atoms with E-state index in [1.807, 2.05) is 6.08 Å². The standard InChI is InChI=1S/C14H12O3.C6H6N2O/c15-12-5-3-10(4-6-12)1-2-11-7-13(16)9-14(17)8-11;7-6(9)5-2-1-3-8-4-5/h1-9,15-17H;1-4H,(H2,7,9)/b2-1+;. The average molecular weight is 350 g/mol. The van der Waals surface area contributed by atoms with E-state index in [2.05, 4.69) is 4.98 Å². The second-order valence-electron chi connectivity index (χ2n) is 5.31. The fraction of sp³-hybridized carbons (Fsp3) is 0. The number of hydrogen-bond acceptors (Lipinski definition) is 5. The van der Waals surface area contributed by atoms with Crippen molar-refractivity contribution in [2.24, 2.45) is 5.73 Å². The predicted octanol–water partition coefficient (Wildman–Crippen LogP) is 3.15. The van der Waals surface area contributed by atoms with Crippen LogP contribution in [0, 0.1) is 0 Å². The summed E-state index contributed by atoms with van der Waals surface area (Å²) in [7, 11) is 0. The number of rotatable bonds is 3. The van der Waals surface area contributed by atoms with Crippen LogP contribution in [0.4, 0.5) is 0 Å². The van der Waals surface area contributed by atoms with Crippen molar-refractivity contribution in [2.45, 2.75) is 0 Å². The maximum atomic E-state index is 10.4. The quantitative estimate of drug-likeness (QED) is 0.541. The molecule has 0 spiro atoms. The van der Waals surface area contributed by atoms with E-state index in [-0.39, 0.29) is 17.2 Å². The first kappa shape index (κ1) is 18.5. The molecule has 0 atom stereocenters. The highest BCUT2D eigenvalue weighted by atomic mass is 16.3. The second kappa shape index (κ2) is 8.89. The average Bonchev–Trinajstić information content (AvgIpc) is 2.62. The molecule has 1 aromatic heterocycles. The summed E-state index contributed by atoms with van der Waals surface area (Å²) in [5, 5.41) is 27.7. The van der Waals surface area contributed by atoms with Crippen LogP contribution < -0.4 is 5.73 Å². The highest BCUT2D eigenvalue weighted by Crippen LogP contribution is 2.22. The Bertz CT molecular complexity index is 871. The molecule has 132 valence electrons. The van der Waals surface area contributed by atoms with Crippen LogP contribution in [0.15, 0.2) is 67.0 Å². The van der Waals surface area contributed by atoms with Crippen molar-refractivity contribution in [3.05, 3.63) is 83.7 Å². The van der Waals surface area contributed by atoms with Gasteiger partial charge in [-0.1, -0.05) is 24.3 Å². The molecule has 0 bridgehead atoms. The molecule has 1 heterocycles. The number of aromatic nitrogens is 1. The summed E-state index contributed by atoms with van der Waals surface area (Å²) in [6, 6.07) is 14.4. The number of hydrogen-bond donors (Lipinski definition) is 4. The lowest BCUT2D eigenvalue weighted by Gasteiger charge is -1.98. The molecule has 6 heteroatoms. The Morgan fingerprint density at radius 3 is 1.96 bits per heavy atom. The number of primary amides is 1. The summed E-state index contributed by atoms with van der Waals surface area (Å²) in [4.78, 5) is 14.1. The summed E-state index contributed by atoms with van der Waals surface area (Å²) < 4.78 is 0. The summed E-state index contributed by atoms with van der Waals surface area (Å²) >= 11 is 0. The molecular weight excluding hydrogens is 332 g/mol. The van der Waals surface area contributed by atoms with Crippen molar-refractivity contribution in [1.82, 2.24) is 4.98 Å². The van der Waals surface area contributed by atoms with Crippen molar-refractivity contribution in [2.75, 3.05) is 0 Å². The van der Waals surface area contributed by atoms with Crippen molar-refractivity contribution in [3.63, 3.8) is 0 Å². The Kier molecular flexibility index (Phi) is 6.34. The van der Waals surface area contributed by atoms with Crippen LogP contribution in [0.1, 0.15) is 21.5 Å². The number of phenols is 3. The van der Waals surface area contributed by atoms with Gasteiger partial charge >= 0.3 is 0 Å². The zero-order chi connectivity index (χ0) is 18.9. The summed E-state index contributed by atoms with van der Waals surface area (Å²) in [6.07, 6.45) is 6.62. The number of nitrogens with zero attached hydrogens (tertiary/aromatic N) is 1. The second-order valence-corrected chi connectivity index (χ2v) is 5.31. The van der Waals surface area contributed by atoms with Crippen LogP contribution in [0.2, 0.25) is 0 Å². The molecule has 0 unspecified atom stereocenters. The Hall–Kier alpha value is -3.80. The highest BCUT2D eigenvalue weighted by molar-refractivity contribution is 5.92. The van der Waals surface area contributed by atoms with E-state index in [0.717, 1.165) is 5.56 Å². The van der Waals surface area contributed by atoms with Gasteiger partial charge in [0.15, 0.2) is 0 Å². The van der Waals surface area contributed by atoms with Crippen LogP contribution in [0.5, 0.6) is 17.2 Å². The van der Waals surface area contributed by atoms with Crippen LogP contribution in [0.3, 0.4) is 0 Å². The van der Waals surface area contributed by atoms with Crippen molar-refractivity contribution in [3.8, 4) is 17.2 Å². The largest absolute Gasteiger partial charge is 0.508 e. The van der Waals surface area contributed by atoms with Gasteiger partial charge in [-0.3, -0.25) is 9.78 Å². The Morgan fingerprint density at radius 2 is 1.46 bits per heavy atom. The SMILES string of the molecule is NC(=O)c1cccnc1.Oc1ccc(/C=C/c2cc(O)cc(O)c2)cc1. The number of pyridine rings is 1. The van der Waals surface area contributed by atoms with Crippen LogP contribution in [0.25, 0.3) is 12.2 Å². The fourth-order valence-electron chi connectivity index (χ4n) is 2.00. The third-order valence-electron chi connectivity index (χ3n) is 3.23. The van der Waals surface area contributed by atoms with Gasteiger partial charge in [-0.05, 0) is 47.5 Å². The first-order chi connectivity index (χ1) is 12.4. The minimum Gasteiger partial charge on any atom is -0.508 e. The lowest BCUT2D eigenvalue weighted by molar-refractivity contribution is 0.1000. The van der Waals surface area contributed by atoms with Crippen LogP contribution >= 0.6 is 0 Å². The van der Waals surface area contributed by atoms with Gasteiger partial charge < -0.3 is 21.1 Å². The molecule has 0 aliphatic heterocycles. The van der Waals surface area contributed by atoms with Gasteiger partial charge in [0, 0.05) is 18.5 Å². The summed E-state index contributed by atoms with van der Waals surface area (Å²) in [6.45, 7) is 0. The van der Waals surface area contributed by atoms with Gasteiger partial charge in [0.2, 0.25) is 5.91 Å². The molecule has 0 saturated heterocycles. The van der Waals surface area contributed by atoms with Crippen molar-refractivity contribution in [1.29, 1.82) is 0 Å². The number of amides is 1. The van der Waals surface area contributed by atoms with Gasteiger partial charge in [-0.2, -0.15) is 0 Å². The van der Waals surface area contributed by atoms with Gasteiger partial charge in [-0.15, -0.1) is 0 Å². The lowest BCUT2D eigenvalue weighted by atomic mass is 10.1. The molecule has 6 nitrogen and oxygen atoms in total. The van der Waals surface area contributed by atoms with Crippen molar-refractivity contribution >= 4 is 18.1 Å². The fourth-order valence-corrected chi connectivity index (χ4v) is 2.00. The molecule has 1 amide bonds. The normalized spacial score (nSPS) is 10.2. The van der Waals surface area contributed by atoms with E-state index >= 15 is 0 Å². The summed E-state index contributed by atoms with van der Waals surface area (Å²) in [5.74, 6) is -0.175. The van der Waals surface area contributed by atoms with Gasteiger partial charge in [-0.25, -0.2) is 0 Å². The van der Waals surface area contributed by atoms with E-state index < -0.39 is 5.91 Å². The van der Waals surface area contributed by atoms with Crippen LogP contribution in [-0.4, -0.2) is 26.2 Å². The Labute approximate surface area is 150 Å². The maximum absolute atomic E-state index is 10.4. The monoisotopic (exact) mass is 350 g/mol.